The summed E-state index contributed by atoms with van der Waals surface area (Å²) in [7, 11) is 0. The zero-order valence-electron chi connectivity index (χ0n) is 12.9. The Bertz CT molecular complexity index is 613. The molecule has 2 unspecified atom stereocenters. The molecule has 2 atom stereocenters. The van der Waals surface area contributed by atoms with Crippen LogP contribution < -0.4 is 16.0 Å². The normalized spacial score (nSPS) is 25.4. The van der Waals surface area contributed by atoms with Gasteiger partial charge in [0, 0.05) is 19.0 Å². The standard InChI is InChI=1S/C14H19F4N5O/c15-8-5-9(21-13(24)14(16,17)18)3-4-22(7-8)12-11(19)6-20-23(12)10-1-2-10/h6,8-10H,1-5,7,19H2,(H,21,24). The maximum atomic E-state index is 14.2. The minimum atomic E-state index is -4.97. The van der Waals surface area contributed by atoms with E-state index in [0.717, 1.165) is 12.8 Å². The van der Waals surface area contributed by atoms with Gasteiger partial charge in [0.25, 0.3) is 0 Å². The Kier molecular flexibility index (Phi) is 4.31. The molecule has 0 spiro atoms. The molecule has 2 heterocycles. The number of carbonyl (C=O) groups excluding carboxylic acids is 1. The van der Waals surface area contributed by atoms with E-state index >= 15 is 0 Å². The molecule has 0 bridgehead atoms. The zero-order chi connectivity index (χ0) is 17.5. The van der Waals surface area contributed by atoms with Gasteiger partial charge < -0.3 is 16.0 Å². The van der Waals surface area contributed by atoms with Crippen molar-refractivity contribution in [1.82, 2.24) is 15.1 Å². The van der Waals surface area contributed by atoms with Crippen molar-refractivity contribution < 1.29 is 22.4 Å². The average molecular weight is 349 g/mol. The largest absolute Gasteiger partial charge is 0.471 e. The Balaban J connectivity index is 1.71. The van der Waals surface area contributed by atoms with E-state index in [0.29, 0.717) is 18.1 Å². The summed E-state index contributed by atoms with van der Waals surface area (Å²) in [5, 5.41) is 6.09. The predicted molar refractivity (Wildman–Crippen MR) is 79.2 cm³/mol. The number of halogens is 4. The van der Waals surface area contributed by atoms with Gasteiger partial charge in [0.15, 0.2) is 5.82 Å². The molecule has 3 rings (SSSR count). The molecule has 1 aliphatic heterocycles. The number of rotatable bonds is 3. The van der Waals surface area contributed by atoms with Crippen LogP contribution in [0.2, 0.25) is 0 Å². The van der Waals surface area contributed by atoms with Gasteiger partial charge in [-0.1, -0.05) is 0 Å². The van der Waals surface area contributed by atoms with Crippen LogP contribution in [-0.2, 0) is 4.79 Å². The van der Waals surface area contributed by atoms with E-state index in [2.05, 4.69) is 5.10 Å². The molecule has 10 heteroatoms. The van der Waals surface area contributed by atoms with Crippen LogP contribution in [0.1, 0.15) is 31.7 Å². The molecule has 24 heavy (non-hydrogen) atoms. The number of aromatic nitrogens is 2. The molecule has 1 saturated carbocycles. The van der Waals surface area contributed by atoms with Crippen LogP contribution in [0.5, 0.6) is 0 Å². The first-order valence-electron chi connectivity index (χ1n) is 7.85. The van der Waals surface area contributed by atoms with Crippen molar-refractivity contribution in [3.8, 4) is 0 Å². The van der Waals surface area contributed by atoms with Gasteiger partial charge in [-0.05, 0) is 19.3 Å². The summed E-state index contributed by atoms with van der Waals surface area (Å²) in [6.07, 6.45) is -2.82. The van der Waals surface area contributed by atoms with E-state index in [-0.39, 0.29) is 25.4 Å². The third kappa shape index (κ3) is 3.57. The predicted octanol–water partition coefficient (Wildman–Crippen LogP) is 1.79. The van der Waals surface area contributed by atoms with E-state index in [1.807, 2.05) is 5.32 Å². The fraction of sp³-hybridized carbons (Fsp3) is 0.714. The highest BCUT2D eigenvalue weighted by molar-refractivity contribution is 5.81. The van der Waals surface area contributed by atoms with Crippen molar-refractivity contribution in [3.63, 3.8) is 0 Å². The molecular weight excluding hydrogens is 330 g/mol. The summed E-state index contributed by atoms with van der Waals surface area (Å²) < 4.78 is 53.1. The Labute approximate surface area is 136 Å². The third-order valence-corrected chi connectivity index (χ3v) is 4.29. The summed E-state index contributed by atoms with van der Waals surface area (Å²) in [5.41, 5.74) is 6.36. The maximum absolute atomic E-state index is 14.2. The SMILES string of the molecule is Nc1cnn(C2CC2)c1N1CCC(NC(=O)C(F)(F)F)CC(F)C1. The van der Waals surface area contributed by atoms with Gasteiger partial charge in [0.1, 0.15) is 6.17 Å². The Morgan fingerprint density at radius 2 is 2.04 bits per heavy atom. The van der Waals surface area contributed by atoms with Crippen molar-refractivity contribution in [3.05, 3.63) is 6.20 Å². The van der Waals surface area contributed by atoms with Gasteiger partial charge in [-0.15, -0.1) is 0 Å². The number of hydrogen-bond donors (Lipinski definition) is 2. The molecule has 0 aromatic carbocycles. The molecule has 1 aromatic rings. The number of alkyl halides is 4. The molecule has 134 valence electrons. The number of nitrogens with one attached hydrogen (secondary N) is 1. The highest BCUT2D eigenvalue weighted by Crippen LogP contribution is 2.40. The Morgan fingerprint density at radius 3 is 2.67 bits per heavy atom. The lowest BCUT2D eigenvalue weighted by Crippen LogP contribution is -2.44. The van der Waals surface area contributed by atoms with Crippen LogP contribution in [-0.4, -0.2) is 47.2 Å². The van der Waals surface area contributed by atoms with Gasteiger partial charge in [0.2, 0.25) is 0 Å². The Hall–Kier alpha value is -2.00. The Morgan fingerprint density at radius 1 is 1.33 bits per heavy atom. The van der Waals surface area contributed by atoms with Crippen molar-refractivity contribution in [2.45, 2.75) is 50.1 Å². The molecule has 2 fully saturated rings. The van der Waals surface area contributed by atoms with Crippen molar-refractivity contribution in [2.24, 2.45) is 0 Å². The molecule has 2 aliphatic rings. The van der Waals surface area contributed by atoms with Crippen LogP contribution >= 0.6 is 0 Å². The lowest BCUT2D eigenvalue weighted by atomic mass is 10.1. The first-order chi connectivity index (χ1) is 11.3. The van der Waals surface area contributed by atoms with Crippen LogP contribution in [0.25, 0.3) is 0 Å². The van der Waals surface area contributed by atoms with Crippen LogP contribution in [0.4, 0.5) is 29.1 Å². The van der Waals surface area contributed by atoms with Gasteiger partial charge in [-0.25, -0.2) is 9.07 Å². The minimum absolute atomic E-state index is 0.0149. The van der Waals surface area contributed by atoms with E-state index in [9.17, 15) is 22.4 Å². The molecule has 1 saturated heterocycles. The summed E-state index contributed by atoms with van der Waals surface area (Å²) in [4.78, 5) is 12.8. The lowest BCUT2D eigenvalue weighted by Gasteiger charge is -2.25. The van der Waals surface area contributed by atoms with Crippen molar-refractivity contribution in [1.29, 1.82) is 0 Å². The first-order valence-corrected chi connectivity index (χ1v) is 7.85. The number of nitrogens with zero attached hydrogens (tertiary/aromatic N) is 3. The van der Waals surface area contributed by atoms with Gasteiger partial charge >= 0.3 is 12.1 Å². The zero-order valence-corrected chi connectivity index (χ0v) is 12.9. The second kappa shape index (κ2) is 6.14. The minimum Gasteiger partial charge on any atom is -0.394 e. The molecule has 6 nitrogen and oxygen atoms in total. The second-order valence-corrected chi connectivity index (χ2v) is 6.34. The molecule has 3 N–H and O–H groups in total. The first kappa shape index (κ1) is 16.8. The molecular formula is C14H19F4N5O. The van der Waals surface area contributed by atoms with E-state index in [4.69, 9.17) is 5.73 Å². The monoisotopic (exact) mass is 349 g/mol. The smallest absolute Gasteiger partial charge is 0.394 e. The topological polar surface area (TPSA) is 76.2 Å². The lowest BCUT2D eigenvalue weighted by molar-refractivity contribution is -0.174. The van der Waals surface area contributed by atoms with Gasteiger partial charge in [0.05, 0.1) is 24.5 Å². The molecule has 1 aromatic heterocycles. The molecule has 1 amide bonds. The van der Waals surface area contributed by atoms with Crippen molar-refractivity contribution >= 4 is 17.4 Å². The van der Waals surface area contributed by atoms with E-state index in [1.54, 1.807) is 9.58 Å². The van der Waals surface area contributed by atoms with Crippen LogP contribution in [0.3, 0.4) is 0 Å². The number of nitrogens with two attached hydrogens (primary N) is 1. The fourth-order valence-corrected chi connectivity index (χ4v) is 3.02. The summed E-state index contributed by atoms with van der Waals surface area (Å²) in [6.45, 7) is 0.312. The second-order valence-electron chi connectivity index (χ2n) is 6.34. The summed E-state index contributed by atoms with van der Waals surface area (Å²) in [5.74, 6) is -1.42. The van der Waals surface area contributed by atoms with E-state index in [1.165, 1.54) is 6.20 Å². The average Bonchev–Trinajstić information content (AvgIpc) is 3.26. The number of hydrogen-bond acceptors (Lipinski definition) is 4. The highest BCUT2D eigenvalue weighted by Gasteiger charge is 2.40. The highest BCUT2D eigenvalue weighted by atomic mass is 19.4. The molecule has 1 aliphatic carbocycles. The summed E-state index contributed by atoms with van der Waals surface area (Å²) in [6, 6.07) is -0.614. The quantitative estimate of drug-likeness (QED) is 0.816. The number of amides is 1. The fourth-order valence-electron chi connectivity index (χ4n) is 3.02. The molecule has 0 radical (unpaired) electrons. The van der Waals surface area contributed by atoms with Crippen LogP contribution in [0, 0.1) is 0 Å². The van der Waals surface area contributed by atoms with Crippen molar-refractivity contribution in [2.75, 3.05) is 23.7 Å². The number of anilines is 2. The maximum Gasteiger partial charge on any atom is 0.471 e. The number of nitrogen functional groups attached to an aromatic ring is 1. The third-order valence-electron chi connectivity index (χ3n) is 4.29. The van der Waals surface area contributed by atoms with Gasteiger partial charge in [-0.2, -0.15) is 18.3 Å². The van der Waals surface area contributed by atoms with Crippen LogP contribution in [0.15, 0.2) is 6.20 Å². The van der Waals surface area contributed by atoms with E-state index < -0.39 is 24.3 Å². The van der Waals surface area contributed by atoms with Gasteiger partial charge in [-0.3, -0.25) is 4.79 Å². The summed E-state index contributed by atoms with van der Waals surface area (Å²) >= 11 is 0. The number of carbonyl (C=O) groups is 1.